The van der Waals surface area contributed by atoms with E-state index in [2.05, 4.69) is 10.6 Å². The number of nitro benzene ring substituents is 1. The molecule has 3 aromatic carbocycles. The highest BCUT2D eigenvalue weighted by molar-refractivity contribution is 5.78. The van der Waals surface area contributed by atoms with Gasteiger partial charge in [0.15, 0.2) is 0 Å². The Balaban J connectivity index is 1.45. The largest absolute Gasteiger partial charge is 0.457 e. The monoisotopic (exact) mass is 389 g/mol. The zero-order chi connectivity index (χ0) is 20.2. The third-order valence-electron chi connectivity index (χ3n) is 4.75. The summed E-state index contributed by atoms with van der Waals surface area (Å²) in [4.78, 5) is 23.3. The zero-order valence-corrected chi connectivity index (χ0v) is 15.5. The van der Waals surface area contributed by atoms with Crippen LogP contribution in [0.25, 0.3) is 0 Å². The van der Waals surface area contributed by atoms with E-state index in [1.165, 1.54) is 6.07 Å². The molecule has 0 atom stereocenters. The molecule has 1 amide bonds. The van der Waals surface area contributed by atoms with Gasteiger partial charge in [0.25, 0.3) is 5.69 Å². The van der Waals surface area contributed by atoms with Crippen molar-refractivity contribution < 1.29 is 14.5 Å². The number of carbonyl (C=O) groups excluding carboxylic acids is 1. The van der Waals surface area contributed by atoms with Crippen LogP contribution in [-0.4, -0.2) is 17.4 Å². The van der Waals surface area contributed by atoms with Gasteiger partial charge in [-0.05, 0) is 18.2 Å². The van der Waals surface area contributed by atoms with E-state index in [-0.39, 0.29) is 30.6 Å². The summed E-state index contributed by atoms with van der Waals surface area (Å²) < 4.78 is 5.94. The highest BCUT2D eigenvalue weighted by Crippen LogP contribution is 2.42. The lowest BCUT2D eigenvalue weighted by Gasteiger charge is -2.28. The van der Waals surface area contributed by atoms with E-state index in [4.69, 9.17) is 4.74 Å². The average molecular weight is 389 g/mol. The second-order valence-corrected chi connectivity index (χ2v) is 6.63. The maximum atomic E-state index is 12.6. The Morgan fingerprint density at radius 1 is 0.931 bits per heavy atom. The summed E-state index contributed by atoms with van der Waals surface area (Å²) in [7, 11) is 0. The van der Waals surface area contributed by atoms with Crippen molar-refractivity contribution in [2.45, 2.75) is 12.5 Å². The van der Waals surface area contributed by atoms with Crippen LogP contribution in [0.4, 0.5) is 11.4 Å². The number of nitrogens with one attached hydrogen (secondary N) is 2. The lowest BCUT2D eigenvalue weighted by Crippen LogP contribution is -2.32. The molecular weight excluding hydrogens is 370 g/mol. The predicted octanol–water partition coefficient (Wildman–Crippen LogP) is 4.41. The van der Waals surface area contributed by atoms with E-state index in [1.54, 1.807) is 18.2 Å². The maximum absolute atomic E-state index is 12.6. The van der Waals surface area contributed by atoms with Gasteiger partial charge in [-0.2, -0.15) is 0 Å². The van der Waals surface area contributed by atoms with Gasteiger partial charge >= 0.3 is 0 Å². The Kier molecular flexibility index (Phi) is 5.11. The summed E-state index contributed by atoms with van der Waals surface area (Å²) in [5.41, 5.74) is 2.17. The number of hydrogen-bond acceptors (Lipinski definition) is 5. The molecule has 0 spiro atoms. The molecule has 0 fully saturated rings. The van der Waals surface area contributed by atoms with Crippen molar-refractivity contribution in [1.29, 1.82) is 0 Å². The number of para-hydroxylation sites is 4. The number of amides is 1. The van der Waals surface area contributed by atoms with Crippen LogP contribution in [-0.2, 0) is 4.79 Å². The van der Waals surface area contributed by atoms with E-state index in [0.717, 1.165) is 22.6 Å². The molecule has 2 N–H and O–H groups in total. The number of anilines is 1. The van der Waals surface area contributed by atoms with Crippen LogP contribution in [0.3, 0.4) is 0 Å². The van der Waals surface area contributed by atoms with Gasteiger partial charge < -0.3 is 15.4 Å². The minimum atomic E-state index is -0.446. The summed E-state index contributed by atoms with van der Waals surface area (Å²) in [6.45, 7) is 0.281. The molecule has 146 valence electrons. The molecule has 29 heavy (non-hydrogen) atoms. The minimum Gasteiger partial charge on any atom is -0.457 e. The summed E-state index contributed by atoms with van der Waals surface area (Å²) >= 11 is 0. The molecule has 7 nitrogen and oxygen atoms in total. The predicted molar refractivity (Wildman–Crippen MR) is 109 cm³/mol. The van der Waals surface area contributed by atoms with Gasteiger partial charge in [-0.15, -0.1) is 0 Å². The van der Waals surface area contributed by atoms with E-state index < -0.39 is 4.92 Å². The second-order valence-electron chi connectivity index (χ2n) is 6.63. The van der Waals surface area contributed by atoms with Gasteiger partial charge in [0.1, 0.15) is 17.2 Å². The Morgan fingerprint density at radius 3 is 2.17 bits per heavy atom. The fraction of sp³-hybridized carbons (Fsp3) is 0.136. The van der Waals surface area contributed by atoms with E-state index >= 15 is 0 Å². The van der Waals surface area contributed by atoms with Crippen LogP contribution in [0.15, 0.2) is 72.8 Å². The molecule has 0 radical (unpaired) electrons. The Labute approximate surface area is 167 Å². The van der Waals surface area contributed by atoms with Gasteiger partial charge in [-0.25, -0.2) is 0 Å². The van der Waals surface area contributed by atoms with Crippen LogP contribution in [0.2, 0.25) is 0 Å². The number of hydrogen-bond donors (Lipinski definition) is 2. The molecule has 1 aliphatic heterocycles. The number of nitro groups is 1. The first-order chi connectivity index (χ1) is 14.1. The number of nitrogens with zero attached hydrogens (tertiary/aromatic N) is 1. The molecule has 0 saturated carbocycles. The summed E-state index contributed by atoms with van der Waals surface area (Å²) in [6, 6.07) is 21.3. The SMILES string of the molecule is O=C(CCNc1ccccc1[N+](=O)[O-])NC1c2ccccc2Oc2ccccc21. The molecule has 3 aromatic rings. The highest BCUT2D eigenvalue weighted by Gasteiger charge is 2.27. The number of carbonyl (C=O) groups is 1. The van der Waals surface area contributed by atoms with Crippen molar-refractivity contribution >= 4 is 17.3 Å². The topological polar surface area (TPSA) is 93.5 Å². The van der Waals surface area contributed by atoms with Crippen molar-refractivity contribution in [1.82, 2.24) is 5.32 Å². The fourth-order valence-corrected chi connectivity index (χ4v) is 3.39. The van der Waals surface area contributed by atoms with Crippen LogP contribution >= 0.6 is 0 Å². The lowest BCUT2D eigenvalue weighted by atomic mass is 9.94. The quantitative estimate of drug-likeness (QED) is 0.481. The zero-order valence-electron chi connectivity index (χ0n) is 15.5. The molecule has 0 saturated heterocycles. The van der Waals surface area contributed by atoms with Crippen LogP contribution in [0.1, 0.15) is 23.6 Å². The van der Waals surface area contributed by atoms with Gasteiger partial charge in [-0.3, -0.25) is 14.9 Å². The molecule has 1 aliphatic rings. The second kappa shape index (κ2) is 8.02. The smallest absolute Gasteiger partial charge is 0.292 e. The molecule has 7 heteroatoms. The Hall–Kier alpha value is -3.87. The third-order valence-corrected chi connectivity index (χ3v) is 4.75. The average Bonchev–Trinajstić information content (AvgIpc) is 2.74. The molecule has 0 bridgehead atoms. The third kappa shape index (κ3) is 3.89. The minimum absolute atomic E-state index is 0.0137. The van der Waals surface area contributed by atoms with Crippen molar-refractivity contribution in [3.8, 4) is 11.5 Å². The fourth-order valence-electron chi connectivity index (χ4n) is 3.39. The van der Waals surface area contributed by atoms with Gasteiger partial charge in [0.05, 0.1) is 11.0 Å². The maximum Gasteiger partial charge on any atom is 0.292 e. The van der Waals surface area contributed by atoms with E-state index in [1.807, 2.05) is 48.5 Å². The number of ether oxygens (including phenoxy) is 1. The van der Waals surface area contributed by atoms with E-state index in [9.17, 15) is 14.9 Å². The number of fused-ring (bicyclic) bond motifs is 2. The molecule has 0 unspecified atom stereocenters. The first-order valence-electron chi connectivity index (χ1n) is 9.26. The Bertz CT molecular complexity index is 1020. The van der Waals surface area contributed by atoms with Crippen LogP contribution < -0.4 is 15.4 Å². The van der Waals surface area contributed by atoms with Crippen molar-refractivity contribution in [3.63, 3.8) is 0 Å². The molecule has 0 aliphatic carbocycles. The summed E-state index contributed by atoms with van der Waals surface area (Å²) in [5, 5.41) is 17.1. The van der Waals surface area contributed by atoms with Crippen molar-refractivity contribution in [2.24, 2.45) is 0 Å². The molecule has 4 rings (SSSR count). The first kappa shape index (κ1) is 18.5. The van der Waals surface area contributed by atoms with Gasteiger partial charge in [-0.1, -0.05) is 48.5 Å². The highest BCUT2D eigenvalue weighted by atomic mass is 16.6. The van der Waals surface area contributed by atoms with Gasteiger partial charge in [0, 0.05) is 30.2 Å². The molecule has 0 aromatic heterocycles. The first-order valence-corrected chi connectivity index (χ1v) is 9.26. The Morgan fingerprint density at radius 2 is 1.52 bits per heavy atom. The van der Waals surface area contributed by atoms with Gasteiger partial charge in [0.2, 0.25) is 5.91 Å². The molecular formula is C22H19N3O4. The van der Waals surface area contributed by atoms with E-state index in [0.29, 0.717) is 5.69 Å². The van der Waals surface area contributed by atoms with Crippen LogP contribution in [0.5, 0.6) is 11.5 Å². The van der Waals surface area contributed by atoms with Crippen molar-refractivity contribution in [2.75, 3.05) is 11.9 Å². The van der Waals surface area contributed by atoms with Crippen LogP contribution in [0, 0.1) is 10.1 Å². The van der Waals surface area contributed by atoms with Crippen molar-refractivity contribution in [3.05, 3.63) is 94.0 Å². The number of benzene rings is 3. The standard InChI is InChI=1S/C22H19N3O4/c26-21(13-14-23-17-9-3-4-10-18(17)25(27)28)24-22-15-7-1-5-11-19(15)29-20-12-6-2-8-16(20)22/h1-12,22-23H,13-14H2,(H,24,26). The normalized spacial score (nSPS) is 12.3. The lowest BCUT2D eigenvalue weighted by molar-refractivity contribution is -0.384. The molecule has 1 heterocycles. The summed E-state index contributed by atoms with van der Waals surface area (Å²) in [6.07, 6.45) is 0.174. The summed E-state index contributed by atoms with van der Waals surface area (Å²) in [5.74, 6) is 1.27. The number of rotatable bonds is 6.